The Morgan fingerprint density at radius 3 is 1.38 bits per heavy atom. The maximum Gasteiger partial charge on any atom is 0.0780 e. The van der Waals surface area contributed by atoms with Crippen molar-refractivity contribution >= 4 is 0 Å². The van der Waals surface area contributed by atoms with Gasteiger partial charge < -0.3 is 21.5 Å². The van der Waals surface area contributed by atoms with Gasteiger partial charge in [-0.3, -0.25) is 0 Å². The lowest BCUT2D eigenvalue weighted by atomic mass is 10.1. The van der Waals surface area contributed by atoms with Gasteiger partial charge in [0.25, 0.3) is 0 Å². The topological polar surface area (TPSA) is 0 Å². The molecule has 0 atom stereocenters. The standard InChI is InChI=1S/C14H32N.BrH/c1-5-6-7-8-9-10-11-12-13-14-15(2,3)4;/h5-14H2,1-4H3;1H/q+1;/p-1. The minimum Gasteiger partial charge on any atom is -1.00 e. The fraction of sp³-hybridized carbons (Fsp3) is 1.00. The average Bonchev–Trinajstić information content (AvgIpc) is 2.14. The van der Waals surface area contributed by atoms with Gasteiger partial charge in [-0.15, -0.1) is 0 Å². The molecule has 2 heteroatoms. The van der Waals surface area contributed by atoms with E-state index in [0.717, 1.165) is 4.48 Å². The van der Waals surface area contributed by atoms with Crippen LogP contribution in [0.1, 0.15) is 64.7 Å². The average molecular weight is 294 g/mol. The summed E-state index contributed by atoms with van der Waals surface area (Å²) in [5.41, 5.74) is 0. The van der Waals surface area contributed by atoms with E-state index in [4.69, 9.17) is 0 Å². The molecular weight excluding hydrogens is 262 g/mol. The number of unbranched alkanes of at least 4 members (excludes halogenated alkanes) is 8. The fourth-order valence-corrected chi connectivity index (χ4v) is 1.90. The van der Waals surface area contributed by atoms with Crippen molar-refractivity contribution < 1.29 is 21.5 Å². The van der Waals surface area contributed by atoms with Crippen LogP contribution in [-0.2, 0) is 0 Å². The summed E-state index contributed by atoms with van der Waals surface area (Å²) >= 11 is 0. The van der Waals surface area contributed by atoms with Crippen molar-refractivity contribution in [3.8, 4) is 0 Å². The third-order valence-corrected chi connectivity index (χ3v) is 2.93. The molecule has 0 amide bonds. The lowest BCUT2D eigenvalue weighted by molar-refractivity contribution is -0.870. The van der Waals surface area contributed by atoms with Crippen molar-refractivity contribution in [1.82, 2.24) is 0 Å². The van der Waals surface area contributed by atoms with Gasteiger partial charge in [-0.05, 0) is 12.8 Å². The van der Waals surface area contributed by atoms with Gasteiger partial charge >= 0.3 is 0 Å². The molecule has 0 aliphatic carbocycles. The van der Waals surface area contributed by atoms with Crippen molar-refractivity contribution in [2.45, 2.75) is 64.7 Å². The third kappa shape index (κ3) is 16.9. The maximum atomic E-state index is 2.28. The Labute approximate surface area is 114 Å². The summed E-state index contributed by atoms with van der Waals surface area (Å²) < 4.78 is 1.12. The van der Waals surface area contributed by atoms with E-state index in [2.05, 4.69) is 28.1 Å². The first-order valence-electron chi connectivity index (χ1n) is 6.86. The molecule has 0 spiro atoms. The Hall–Kier alpha value is 0.440. The van der Waals surface area contributed by atoms with Crippen LogP contribution < -0.4 is 17.0 Å². The minimum atomic E-state index is 0. The van der Waals surface area contributed by atoms with E-state index in [-0.39, 0.29) is 17.0 Å². The van der Waals surface area contributed by atoms with Crippen LogP contribution in [0.3, 0.4) is 0 Å². The summed E-state index contributed by atoms with van der Waals surface area (Å²) in [5.74, 6) is 0. The van der Waals surface area contributed by atoms with Crippen LogP contribution in [0.15, 0.2) is 0 Å². The van der Waals surface area contributed by atoms with Crippen LogP contribution in [0, 0.1) is 0 Å². The zero-order valence-electron chi connectivity index (χ0n) is 11.9. The monoisotopic (exact) mass is 293 g/mol. The summed E-state index contributed by atoms with van der Waals surface area (Å²) in [7, 11) is 6.85. The Bertz CT molecular complexity index is 129. The first-order chi connectivity index (χ1) is 7.06. The van der Waals surface area contributed by atoms with E-state index >= 15 is 0 Å². The number of quaternary nitrogens is 1. The lowest BCUT2D eigenvalue weighted by Gasteiger charge is -2.23. The quantitative estimate of drug-likeness (QED) is 0.420. The number of halogens is 1. The van der Waals surface area contributed by atoms with Crippen LogP contribution in [0.4, 0.5) is 0 Å². The van der Waals surface area contributed by atoms with Crippen LogP contribution in [0.2, 0.25) is 0 Å². The molecule has 0 radical (unpaired) electrons. The van der Waals surface area contributed by atoms with Crippen LogP contribution in [-0.4, -0.2) is 32.2 Å². The molecule has 0 N–H and O–H groups in total. The summed E-state index contributed by atoms with van der Waals surface area (Å²) in [6.45, 7) is 3.61. The lowest BCUT2D eigenvalue weighted by Crippen LogP contribution is -3.00. The highest BCUT2D eigenvalue weighted by Gasteiger charge is 2.04. The van der Waals surface area contributed by atoms with Crippen molar-refractivity contribution in [2.24, 2.45) is 0 Å². The molecule has 0 aromatic heterocycles. The molecule has 0 saturated heterocycles. The van der Waals surface area contributed by atoms with E-state index in [1.54, 1.807) is 0 Å². The SMILES string of the molecule is CCCCCCCCCCC[N+](C)(C)C.[Br-]. The van der Waals surface area contributed by atoms with E-state index < -0.39 is 0 Å². The van der Waals surface area contributed by atoms with Gasteiger partial charge in [-0.25, -0.2) is 0 Å². The number of nitrogens with zero attached hydrogens (tertiary/aromatic N) is 1. The molecule has 0 bridgehead atoms. The zero-order valence-corrected chi connectivity index (χ0v) is 13.5. The Balaban J connectivity index is 0. The molecule has 0 aliphatic rings. The first-order valence-corrected chi connectivity index (χ1v) is 6.86. The van der Waals surface area contributed by atoms with E-state index in [1.165, 1.54) is 64.3 Å². The van der Waals surface area contributed by atoms with Gasteiger partial charge in [0.05, 0.1) is 27.7 Å². The van der Waals surface area contributed by atoms with Gasteiger partial charge in [0, 0.05) is 0 Å². The smallest absolute Gasteiger partial charge is 0.0780 e. The van der Waals surface area contributed by atoms with E-state index in [1.807, 2.05) is 0 Å². The zero-order chi connectivity index (χ0) is 11.6. The second-order valence-electron chi connectivity index (χ2n) is 5.84. The number of hydrogen-bond acceptors (Lipinski definition) is 0. The summed E-state index contributed by atoms with van der Waals surface area (Å²) in [4.78, 5) is 0. The Morgan fingerprint density at radius 1 is 0.625 bits per heavy atom. The summed E-state index contributed by atoms with van der Waals surface area (Å²) in [6.07, 6.45) is 12.9. The molecule has 0 aromatic rings. The molecule has 0 unspecified atom stereocenters. The van der Waals surface area contributed by atoms with Crippen LogP contribution in [0.25, 0.3) is 0 Å². The molecule has 16 heavy (non-hydrogen) atoms. The van der Waals surface area contributed by atoms with Crippen molar-refractivity contribution in [3.63, 3.8) is 0 Å². The normalized spacial score (nSPS) is 11.2. The van der Waals surface area contributed by atoms with Crippen LogP contribution >= 0.6 is 0 Å². The van der Waals surface area contributed by atoms with Gasteiger partial charge in [-0.2, -0.15) is 0 Å². The maximum absolute atomic E-state index is 2.28. The molecule has 100 valence electrons. The predicted octanol–water partition coefficient (Wildman–Crippen LogP) is 1.23. The van der Waals surface area contributed by atoms with E-state index in [9.17, 15) is 0 Å². The predicted molar refractivity (Wildman–Crippen MR) is 70.1 cm³/mol. The van der Waals surface area contributed by atoms with Crippen LogP contribution in [0.5, 0.6) is 0 Å². The number of hydrogen-bond donors (Lipinski definition) is 0. The highest BCUT2D eigenvalue weighted by Crippen LogP contribution is 2.10. The molecule has 0 aliphatic heterocycles. The summed E-state index contributed by atoms with van der Waals surface area (Å²) in [6, 6.07) is 0. The molecule has 0 fully saturated rings. The largest absolute Gasteiger partial charge is 1.00 e. The number of rotatable bonds is 10. The van der Waals surface area contributed by atoms with Gasteiger partial charge in [0.2, 0.25) is 0 Å². The fourth-order valence-electron chi connectivity index (χ4n) is 1.90. The highest BCUT2D eigenvalue weighted by molar-refractivity contribution is 4.46. The van der Waals surface area contributed by atoms with Crippen molar-refractivity contribution in [3.05, 3.63) is 0 Å². The van der Waals surface area contributed by atoms with Crippen molar-refractivity contribution in [2.75, 3.05) is 27.7 Å². The van der Waals surface area contributed by atoms with E-state index in [0.29, 0.717) is 0 Å². The molecule has 1 nitrogen and oxygen atoms in total. The summed E-state index contributed by atoms with van der Waals surface area (Å²) in [5, 5.41) is 0. The second-order valence-corrected chi connectivity index (χ2v) is 5.84. The van der Waals surface area contributed by atoms with Gasteiger partial charge in [0.1, 0.15) is 0 Å². The second kappa shape index (κ2) is 11.9. The third-order valence-electron chi connectivity index (χ3n) is 2.93. The molecule has 0 rings (SSSR count). The first kappa shape index (κ1) is 18.8. The Morgan fingerprint density at radius 2 is 1.00 bits per heavy atom. The molecule has 0 saturated carbocycles. The van der Waals surface area contributed by atoms with Gasteiger partial charge in [-0.1, -0.05) is 51.9 Å². The van der Waals surface area contributed by atoms with Crippen molar-refractivity contribution in [1.29, 1.82) is 0 Å². The highest BCUT2D eigenvalue weighted by atomic mass is 79.9. The van der Waals surface area contributed by atoms with Gasteiger partial charge in [0.15, 0.2) is 0 Å². The minimum absolute atomic E-state index is 0. The molecule has 0 aromatic carbocycles. The molecular formula is C14H32BrN. The Kier molecular flexibility index (Phi) is 14.0. The molecule has 0 heterocycles.